The Balaban J connectivity index is 2.03. The molecule has 7 nitrogen and oxygen atoms in total. The van der Waals surface area contributed by atoms with Crippen LogP contribution in [-0.4, -0.2) is 50.5 Å². The number of sulfonamides is 1. The average Bonchev–Trinajstić information content (AvgIpc) is 2.92. The lowest BCUT2D eigenvalue weighted by Gasteiger charge is -2.33. The van der Waals surface area contributed by atoms with Crippen LogP contribution in [0.4, 0.5) is 10.1 Å². The van der Waals surface area contributed by atoms with Gasteiger partial charge in [-0.2, -0.15) is 0 Å². The summed E-state index contributed by atoms with van der Waals surface area (Å²) in [6.07, 6.45) is 2.84. The van der Waals surface area contributed by atoms with Gasteiger partial charge in [-0.05, 0) is 47.9 Å². The largest absolute Gasteiger partial charge is 0.354 e. The molecule has 40 heavy (non-hydrogen) atoms. The van der Waals surface area contributed by atoms with Gasteiger partial charge in [0.1, 0.15) is 18.4 Å². The van der Waals surface area contributed by atoms with E-state index in [1.807, 2.05) is 61.5 Å². The molecule has 0 heterocycles. The van der Waals surface area contributed by atoms with E-state index in [1.165, 1.54) is 11.0 Å². The Morgan fingerprint density at radius 1 is 1.02 bits per heavy atom. The van der Waals surface area contributed by atoms with Crippen molar-refractivity contribution in [2.75, 3.05) is 23.7 Å². The van der Waals surface area contributed by atoms with Crippen molar-refractivity contribution in [3.8, 4) is 0 Å². The third-order valence-corrected chi connectivity index (χ3v) is 8.20. The van der Waals surface area contributed by atoms with Crippen molar-refractivity contribution in [1.82, 2.24) is 10.2 Å². The molecule has 3 aromatic carbocycles. The topological polar surface area (TPSA) is 86.8 Å². The third kappa shape index (κ3) is 9.04. The summed E-state index contributed by atoms with van der Waals surface area (Å²) in [5.41, 5.74) is 1.64. The lowest BCUT2D eigenvalue weighted by Crippen LogP contribution is -2.53. The minimum Gasteiger partial charge on any atom is -0.354 e. The Labute approximate surface area is 248 Å². The maximum Gasteiger partial charge on any atom is 0.244 e. The van der Waals surface area contributed by atoms with Crippen LogP contribution in [0.5, 0.6) is 0 Å². The number of halogens is 3. The molecular formula is C29H32BrClFN3O4S. The standard InChI is InChI=1S/C29H32BrClFN3O4S/c1-3-4-16-33-29(37)27(17-21-8-6-5-7-9-21)34(19-22-10-12-23(30)13-11-22)28(36)20-35(40(2,38)39)24-14-15-26(32)25(31)18-24/h5-15,18,27H,3-4,16-17,19-20H2,1-2H3,(H,33,37)/t27-/m1/s1. The Hall–Kier alpha value is -2.95. The number of hydrogen-bond acceptors (Lipinski definition) is 4. The predicted molar refractivity (Wildman–Crippen MR) is 160 cm³/mol. The molecule has 0 aliphatic rings. The van der Waals surface area contributed by atoms with Gasteiger partial charge < -0.3 is 10.2 Å². The van der Waals surface area contributed by atoms with E-state index in [0.29, 0.717) is 6.54 Å². The molecule has 0 saturated heterocycles. The minimum atomic E-state index is -3.98. The van der Waals surface area contributed by atoms with Crippen LogP contribution in [0.3, 0.4) is 0 Å². The fraction of sp³-hybridized carbons (Fsp3) is 0.310. The molecule has 0 saturated carbocycles. The molecule has 11 heteroatoms. The molecule has 0 aromatic heterocycles. The number of nitrogens with zero attached hydrogens (tertiary/aromatic N) is 2. The Morgan fingerprint density at radius 2 is 1.70 bits per heavy atom. The minimum absolute atomic E-state index is 0.0397. The molecule has 214 valence electrons. The van der Waals surface area contributed by atoms with Crippen LogP contribution in [-0.2, 0) is 32.6 Å². The zero-order chi connectivity index (χ0) is 29.3. The van der Waals surface area contributed by atoms with Crippen molar-refractivity contribution in [3.63, 3.8) is 0 Å². The lowest BCUT2D eigenvalue weighted by atomic mass is 10.0. The molecule has 2 amide bonds. The van der Waals surface area contributed by atoms with Crippen LogP contribution in [0.25, 0.3) is 0 Å². The van der Waals surface area contributed by atoms with Gasteiger partial charge in [-0.25, -0.2) is 12.8 Å². The molecule has 0 fully saturated rings. The molecular weight excluding hydrogens is 621 g/mol. The smallest absolute Gasteiger partial charge is 0.244 e. The number of nitrogens with one attached hydrogen (secondary N) is 1. The SMILES string of the molecule is CCCCNC(=O)[C@@H](Cc1ccccc1)N(Cc1ccc(Br)cc1)C(=O)CN(c1ccc(F)c(Cl)c1)S(C)(=O)=O. The van der Waals surface area contributed by atoms with Crippen LogP contribution in [0.2, 0.25) is 5.02 Å². The van der Waals surface area contributed by atoms with E-state index in [0.717, 1.165) is 51.1 Å². The van der Waals surface area contributed by atoms with Crippen molar-refractivity contribution in [1.29, 1.82) is 0 Å². The lowest BCUT2D eigenvalue weighted by molar-refractivity contribution is -0.140. The Kier molecular flexibility index (Phi) is 11.5. The van der Waals surface area contributed by atoms with Gasteiger partial charge in [0, 0.05) is 24.0 Å². The Bertz CT molecular complexity index is 1410. The second kappa shape index (κ2) is 14.6. The highest BCUT2D eigenvalue weighted by molar-refractivity contribution is 9.10. The number of amides is 2. The van der Waals surface area contributed by atoms with Gasteiger partial charge in [-0.15, -0.1) is 0 Å². The normalized spacial score (nSPS) is 12.0. The molecule has 3 aromatic rings. The van der Waals surface area contributed by atoms with Crippen molar-refractivity contribution < 1.29 is 22.4 Å². The first-order valence-corrected chi connectivity index (χ1v) is 15.8. The average molecular weight is 653 g/mol. The van der Waals surface area contributed by atoms with Crippen LogP contribution >= 0.6 is 27.5 Å². The van der Waals surface area contributed by atoms with Gasteiger partial charge in [0.15, 0.2) is 0 Å². The second-order valence-corrected chi connectivity index (χ2v) is 12.6. The van der Waals surface area contributed by atoms with Gasteiger partial charge in [0.2, 0.25) is 21.8 Å². The molecule has 0 unspecified atom stereocenters. The number of benzene rings is 3. The summed E-state index contributed by atoms with van der Waals surface area (Å²) in [5, 5.41) is 2.66. The number of carbonyl (C=O) groups excluding carboxylic acids is 2. The monoisotopic (exact) mass is 651 g/mol. The van der Waals surface area contributed by atoms with E-state index >= 15 is 0 Å². The van der Waals surface area contributed by atoms with Crippen LogP contribution in [0, 0.1) is 5.82 Å². The maximum atomic E-state index is 14.0. The van der Waals surface area contributed by atoms with E-state index in [9.17, 15) is 22.4 Å². The molecule has 0 bridgehead atoms. The first-order valence-electron chi connectivity index (χ1n) is 12.8. The Morgan fingerprint density at radius 3 is 2.30 bits per heavy atom. The fourth-order valence-corrected chi connectivity index (χ4v) is 5.38. The fourth-order valence-electron chi connectivity index (χ4n) is 4.10. The summed E-state index contributed by atoms with van der Waals surface area (Å²) >= 11 is 9.33. The van der Waals surface area contributed by atoms with Gasteiger partial charge in [-0.1, -0.05) is 83.3 Å². The summed E-state index contributed by atoms with van der Waals surface area (Å²) in [5.74, 6) is -1.65. The predicted octanol–water partition coefficient (Wildman–Crippen LogP) is 5.56. The number of hydrogen-bond donors (Lipinski definition) is 1. The molecule has 0 spiro atoms. The summed E-state index contributed by atoms with van der Waals surface area (Å²) in [7, 11) is -3.98. The first-order chi connectivity index (χ1) is 19.0. The van der Waals surface area contributed by atoms with E-state index < -0.39 is 34.3 Å². The highest BCUT2D eigenvalue weighted by atomic mass is 79.9. The quantitative estimate of drug-likeness (QED) is 0.245. The summed E-state index contributed by atoms with van der Waals surface area (Å²) in [6, 6.07) is 19.1. The highest BCUT2D eigenvalue weighted by Crippen LogP contribution is 2.25. The van der Waals surface area contributed by atoms with Crippen molar-refractivity contribution in [3.05, 3.63) is 99.2 Å². The summed E-state index contributed by atoms with van der Waals surface area (Å²) in [6.45, 7) is 1.92. The zero-order valence-corrected chi connectivity index (χ0v) is 25.5. The molecule has 3 rings (SSSR count). The molecule has 0 aliphatic heterocycles. The maximum absolute atomic E-state index is 14.0. The molecule has 1 N–H and O–H groups in total. The molecule has 0 radical (unpaired) electrons. The van der Waals surface area contributed by atoms with Gasteiger partial charge in [-0.3, -0.25) is 13.9 Å². The second-order valence-electron chi connectivity index (χ2n) is 9.37. The van der Waals surface area contributed by atoms with Gasteiger partial charge in [0.25, 0.3) is 0 Å². The van der Waals surface area contributed by atoms with Crippen molar-refractivity contribution >= 4 is 55.1 Å². The summed E-state index contributed by atoms with van der Waals surface area (Å²) < 4.78 is 41.1. The third-order valence-electron chi connectivity index (χ3n) is 6.24. The highest BCUT2D eigenvalue weighted by Gasteiger charge is 2.33. The van der Waals surface area contributed by atoms with Crippen LogP contribution in [0.1, 0.15) is 30.9 Å². The number of anilines is 1. The molecule has 0 aliphatic carbocycles. The van der Waals surface area contributed by atoms with Gasteiger partial charge in [0.05, 0.1) is 17.0 Å². The van der Waals surface area contributed by atoms with Crippen molar-refractivity contribution in [2.24, 2.45) is 0 Å². The zero-order valence-electron chi connectivity index (χ0n) is 22.3. The van der Waals surface area contributed by atoms with E-state index in [2.05, 4.69) is 21.2 Å². The molecule has 1 atom stereocenters. The number of carbonyl (C=O) groups is 2. The van der Waals surface area contributed by atoms with Crippen molar-refractivity contribution in [2.45, 2.75) is 38.8 Å². The number of rotatable bonds is 13. The van der Waals surface area contributed by atoms with E-state index in [4.69, 9.17) is 11.6 Å². The van der Waals surface area contributed by atoms with Gasteiger partial charge >= 0.3 is 0 Å². The summed E-state index contributed by atoms with van der Waals surface area (Å²) in [4.78, 5) is 28.9. The van der Waals surface area contributed by atoms with Crippen LogP contribution < -0.4 is 9.62 Å². The first kappa shape index (κ1) is 31.6. The van der Waals surface area contributed by atoms with E-state index in [1.54, 1.807) is 0 Å². The van der Waals surface area contributed by atoms with Crippen LogP contribution in [0.15, 0.2) is 77.3 Å². The number of unbranched alkanes of at least 4 members (excludes halogenated alkanes) is 1. The van der Waals surface area contributed by atoms with E-state index in [-0.39, 0.29) is 29.6 Å².